The molecule has 1 saturated carbocycles. The van der Waals surface area contributed by atoms with Crippen molar-refractivity contribution in [1.29, 1.82) is 0 Å². The summed E-state index contributed by atoms with van der Waals surface area (Å²) >= 11 is 0. The van der Waals surface area contributed by atoms with Gasteiger partial charge in [0.1, 0.15) is 0 Å². The third-order valence-electron chi connectivity index (χ3n) is 3.77. The standard InChI is InChI=1S/C10H19N5/c1-3-7(2)4-8-5-10(8,6-11)9-12-14-15-13-9/h7-8H,3-6,11H2,1-2H3,(H,12,13,14,15). The molecule has 2 rings (SSSR count). The van der Waals surface area contributed by atoms with Gasteiger partial charge in [0.25, 0.3) is 0 Å². The van der Waals surface area contributed by atoms with E-state index >= 15 is 0 Å². The molecule has 1 heterocycles. The number of nitrogens with one attached hydrogen (secondary N) is 1. The van der Waals surface area contributed by atoms with E-state index in [9.17, 15) is 0 Å². The smallest absolute Gasteiger partial charge is 0.182 e. The lowest BCUT2D eigenvalue weighted by Gasteiger charge is -2.12. The quantitative estimate of drug-likeness (QED) is 0.753. The van der Waals surface area contributed by atoms with E-state index in [0.717, 1.165) is 18.2 Å². The number of nitrogens with two attached hydrogens (primary N) is 1. The van der Waals surface area contributed by atoms with Crippen LogP contribution in [0.25, 0.3) is 0 Å². The van der Waals surface area contributed by atoms with Crippen molar-refractivity contribution in [2.24, 2.45) is 17.6 Å². The number of aromatic amines is 1. The van der Waals surface area contributed by atoms with Crippen molar-refractivity contribution in [2.75, 3.05) is 6.54 Å². The Balaban J connectivity index is 2.03. The molecule has 84 valence electrons. The van der Waals surface area contributed by atoms with Crippen LogP contribution in [-0.2, 0) is 5.41 Å². The molecule has 0 aromatic carbocycles. The molecule has 0 radical (unpaired) electrons. The van der Waals surface area contributed by atoms with E-state index in [2.05, 4.69) is 34.5 Å². The fourth-order valence-corrected chi connectivity index (χ4v) is 2.33. The van der Waals surface area contributed by atoms with E-state index < -0.39 is 0 Å². The second-order valence-corrected chi connectivity index (χ2v) is 4.75. The van der Waals surface area contributed by atoms with Crippen molar-refractivity contribution in [3.63, 3.8) is 0 Å². The van der Waals surface area contributed by atoms with E-state index in [0.29, 0.717) is 12.5 Å². The van der Waals surface area contributed by atoms with Crippen LogP contribution in [0.1, 0.15) is 38.9 Å². The Hall–Kier alpha value is -0.970. The minimum absolute atomic E-state index is 0.0242. The minimum atomic E-state index is 0.0242. The molecule has 0 bridgehead atoms. The Morgan fingerprint density at radius 3 is 3.00 bits per heavy atom. The highest BCUT2D eigenvalue weighted by Gasteiger charge is 2.57. The molecule has 0 saturated heterocycles. The third-order valence-corrected chi connectivity index (χ3v) is 3.77. The summed E-state index contributed by atoms with van der Waals surface area (Å²) in [6, 6.07) is 0. The Bertz CT molecular complexity index is 310. The van der Waals surface area contributed by atoms with E-state index in [4.69, 9.17) is 5.73 Å². The van der Waals surface area contributed by atoms with Gasteiger partial charge >= 0.3 is 0 Å². The highest BCUT2D eigenvalue weighted by Crippen LogP contribution is 2.55. The molecule has 0 aliphatic heterocycles. The van der Waals surface area contributed by atoms with Crippen molar-refractivity contribution >= 4 is 0 Å². The molecular formula is C10H19N5. The van der Waals surface area contributed by atoms with Crippen molar-refractivity contribution in [3.05, 3.63) is 5.82 Å². The molecule has 5 heteroatoms. The minimum Gasteiger partial charge on any atom is -0.329 e. The number of hydrogen-bond donors (Lipinski definition) is 2. The fraction of sp³-hybridized carbons (Fsp3) is 0.900. The van der Waals surface area contributed by atoms with Crippen LogP contribution in [0, 0.1) is 11.8 Å². The van der Waals surface area contributed by atoms with Crippen LogP contribution in [0.15, 0.2) is 0 Å². The van der Waals surface area contributed by atoms with Gasteiger partial charge in [-0.3, -0.25) is 0 Å². The van der Waals surface area contributed by atoms with Gasteiger partial charge in [-0.05, 0) is 24.7 Å². The number of tetrazole rings is 1. The summed E-state index contributed by atoms with van der Waals surface area (Å²) in [7, 11) is 0. The molecule has 3 atom stereocenters. The normalized spacial score (nSPS) is 31.5. The summed E-state index contributed by atoms with van der Waals surface area (Å²) in [6.07, 6.45) is 3.57. The number of rotatable bonds is 5. The molecular weight excluding hydrogens is 190 g/mol. The van der Waals surface area contributed by atoms with Crippen LogP contribution >= 0.6 is 0 Å². The van der Waals surface area contributed by atoms with E-state index in [-0.39, 0.29) is 5.41 Å². The summed E-state index contributed by atoms with van der Waals surface area (Å²) in [6.45, 7) is 5.15. The van der Waals surface area contributed by atoms with E-state index in [1.54, 1.807) is 0 Å². The van der Waals surface area contributed by atoms with Crippen molar-refractivity contribution in [2.45, 2.75) is 38.5 Å². The maximum atomic E-state index is 5.85. The van der Waals surface area contributed by atoms with Crippen LogP contribution in [0.5, 0.6) is 0 Å². The second-order valence-electron chi connectivity index (χ2n) is 4.75. The molecule has 15 heavy (non-hydrogen) atoms. The second kappa shape index (κ2) is 3.89. The highest BCUT2D eigenvalue weighted by molar-refractivity contribution is 5.21. The van der Waals surface area contributed by atoms with Crippen molar-refractivity contribution in [3.8, 4) is 0 Å². The lowest BCUT2D eigenvalue weighted by Crippen LogP contribution is -2.24. The molecule has 0 spiro atoms. The summed E-state index contributed by atoms with van der Waals surface area (Å²) in [4.78, 5) is 0. The van der Waals surface area contributed by atoms with Crippen LogP contribution in [-0.4, -0.2) is 27.2 Å². The highest BCUT2D eigenvalue weighted by atomic mass is 15.5. The lowest BCUT2D eigenvalue weighted by atomic mass is 9.95. The molecule has 1 aliphatic rings. The topological polar surface area (TPSA) is 80.5 Å². The zero-order chi connectivity index (χ0) is 10.9. The first-order valence-electron chi connectivity index (χ1n) is 5.67. The molecule has 5 nitrogen and oxygen atoms in total. The summed E-state index contributed by atoms with van der Waals surface area (Å²) in [5.41, 5.74) is 5.87. The molecule has 0 amide bonds. The number of nitrogens with zero attached hydrogens (tertiary/aromatic N) is 3. The van der Waals surface area contributed by atoms with Crippen LogP contribution < -0.4 is 5.73 Å². The summed E-state index contributed by atoms with van der Waals surface area (Å²) in [5, 5.41) is 14.3. The summed E-state index contributed by atoms with van der Waals surface area (Å²) in [5.74, 6) is 2.21. The Morgan fingerprint density at radius 1 is 1.67 bits per heavy atom. The molecule has 3 N–H and O–H groups in total. The number of aromatic nitrogens is 4. The first-order valence-corrected chi connectivity index (χ1v) is 5.67. The van der Waals surface area contributed by atoms with Crippen LogP contribution in [0.3, 0.4) is 0 Å². The average Bonchev–Trinajstić information content (AvgIpc) is 2.71. The van der Waals surface area contributed by atoms with Gasteiger partial charge in [0.15, 0.2) is 5.82 Å². The van der Waals surface area contributed by atoms with Gasteiger partial charge < -0.3 is 5.73 Å². The Morgan fingerprint density at radius 2 is 2.47 bits per heavy atom. The first kappa shape index (κ1) is 10.5. The van der Waals surface area contributed by atoms with Gasteiger partial charge in [0.2, 0.25) is 0 Å². The van der Waals surface area contributed by atoms with Gasteiger partial charge in [-0.25, -0.2) is 0 Å². The van der Waals surface area contributed by atoms with Gasteiger partial charge in [0, 0.05) is 12.0 Å². The fourth-order valence-electron chi connectivity index (χ4n) is 2.33. The monoisotopic (exact) mass is 209 g/mol. The molecule has 1 aliphatic carbocycles. The molecule has 1 aromatic heterocycles. The van der Waals surface area contributed by atoms with Crippen LogP contribution in [0.4, 0.5) is 0 Å². The zero-order valence-electron chi connectivity index (χ0n) is 9.40. The average molecular weight is 209 g/mol. The van der Waals surface area contributed by atoms with Gasteiger partial charge in [-0.2, -0.15) is 5.21 Å². The zero-order valence-corrected chi connectivity index (χ0v) is 9.40. The summed E-state index contributed by atoms with van der Waals surface area (Å²) < 4.78 is 0. The van der Waals surface area contributed by atoms with Crippen molar-refractivity contribution < 1.29 is 0 Å². The SMILES string of the molecule is CCC(C)CC1CC1(CN)c1nn[nH]n1. The third kappa shape index (κ3) is 1.76. The van der Waals surface area contributed by atoms with Gasteiger partial charge in [-0.15, -0.1) is 10.2 Å². The lowest BCUT2D eigenvalue weighted by molar-refractivity contribution is 0.441. The van der Waals surface area contributed by atoms with Gasteiger partial charge in [0.05, 0.1) is 0 Å². The molecule has 1 fully saturated rings. The Labute approximate surface area is 89.8 Å². The van der Waals surface area contributed by atoms with Gasteiger partial charge in [-0.1, -0.05) is 25.5 Å². The van der Waals surface area contributed by atoms with Crippen LogP contribution in [0.2, 0.25) is 0 Å². The largest absolute Gasteiger partial charge is 0.329 e. The first-order chi connectivity index (χ1) is 7.23. The van der Waals surface area contributed by atoms with E-state index in [1.165, 1.54) is 12.8 Å². The molecule has 3 unspecified atom stereocenters. The number of hydrogen-bond acceptors (Lipinski definition) is 4. The number of H-pyrrole nitrogens is 1. The predicted octanol–water partition coefficient (Wildman–Crippen LogP) is 0.852. The predicted molar refractivity (Wildman–Crippen MR) is 57.1 cm³/mol. The molecule has 1 aromatic rings. The maximum Gasteiger partial charge on any atom is 0.182 e. The maximum absolute atomic E-state index is 5.85. The van der Waals surface area contributed by atoms with E-state index in [1.807, 2.05) is 0 Å². The Kier molecular flexibility index (Phi) is 2.73. The van der Waals surface area contributed by atoms with Crippen molar-refractivity contribution in [1.82, 2.24) is 20.6 Å².